The first kappa shape index (κ1) is 15.3. The molecule has 2 atom stereocenters. The first-order chi connectivity index (χ1) is 9.81. The van der Waals surface area contributed by atoms with E-state index in [4.69, 9.17) is 9.15 Å². The lowest BCUT2D eigenvalue weighted by Gasteiger charge is -2.24. The second-order valence-electron chi connectivity index (χ2n) is 5.74. The van der Waals surface area contributed by atoms with Gasteiger partial charge in [0.05, 0.1) is 26.0 Å². The summed E-state index contributed by atoms with van der Waals surface area (Å²) in [6, 6.07) is 2.02. The van der Waals surface area contributed by atoms with Crippen molar-refractivity contribution in [2.75, 3.05) is 13.2 Å². The molecule has 0 spiro atoms. The first-order valence-corrected chi connectivity index (χ1v) is 7.80. The number of allylic oxidation sites excluding steroid dienone is 2. The van der Waals surface area contributed by atoms with Crippen molar-refractivity contribution in [1.29, 1.82) is 0 Å². The Bertz CT molecular complexity index is 411. The predicted molar refractivity (Wildman–Crippen MR) is 81.4 cm³/mol. The molecule has 2 rings (SSSR count). The van der Waals surface area contributed by atoms with Gasteiger partial charge in [0, 0.05) is 5.56 Å². The van der Waals surface area contributed by atoms with E-state index in [1.54, 1.807) is 6.26 Å². The number of furan rings is 1. The monoisotopic (exact) mass is 277 g/mol. The van der Waals surface area contributed by atoms with Gasteiger partial charge in [0.1, 0.15) is 5.76 Å². The predicted octanol–water partition coefficient (Wildman–Crippen LogP) is 3.90. The van der Waals surface area contributed by atoms with Crippen molar-refractivity contribution in [1.82, 2.24) is 5.32 Å². The van der Waals surface area contributed by atoms with Crippen LogP contribution in [0.25, 0.3) is 0 Å². The summed E-state index contributed by atoms with van der Waals surface area (Å²) < 4.78 is 11.4. The van der Waals surface area contributed by atoms with E-state index >= 15 is 0 Å². The Morgan fingerprint density at radius 2 is 2.20 bits per heavy atom. The largest absolute Gasteiger partial charge is 0.468 e. The molecular weight excluding hydrogens is 250 g/mol. The molecule has 0 saturated heterocycles. The lowest BCUT2D eigenvalue weighted by Crippen LogP contribution is -2.19. The highest BCUT2D eigenvalue weighted by Gasteiger charge is 2.18. The maximum Gasteiger partial charge on any atom is 0.123 e. The minimum Gasteiger partial charge on any atom is -0.468 e. The highest BCUT2D eigenvalue weighted by atomic mass is 16.5. The zero-order valence-electron chi connectivity index (χ0n) is 12.7. The van der Waals surface area contributed by atoms with Crippen molar-refractivity contribution < 1.29 is 9.15 Å². The third-order valence-electron chi connectivity index (χ3n) is 4.06. The van der Waals surface area contributed by atoms with Gasteiger partial charge in [0.2, 0.25) is 0 Å². The van der Waals surface area contributed by atoms with Crippen LogP contribution < -0.4 is 5.32 Å². The standard InChI is InChI=1S/C17H27NO2/c1-3-9-18-11-17-16(8-10-20-17)13-19-12-15-7-5-4-6-14(15)2/h4-5,8,10,14-15,18H,3,6-7,9,11-13H2,1-2H3. The summed E-state index contributed by atoms with van der Waals surface area (Å²) in [5.74, 6) is 2.40. The molecule has 1 heterocycles. The lowest BCUT2D eigenvalue weighted by atomic mass is 9.85. The smallest absolute Gasteiger partial charge is 0.123 e. The molecule has 1 aliphatic carbocycles. The Labute approximate surface area is 122 Å². The molecule has 0 aliphatic heterocycles. The average molecular weight is 277 g/mol. The van der Waals surface area contributed by atoms with Crippen LogP contribution in [0.3, 0.4) is 0 Å². The molecule has 112 valence electrons. The van der Waals surface area contributed by atoms with Crippen molar-refractivity contribution >= 4 is 0 Å². The van der Waals surface area contributed by atoms with E-state index in [2.05, 4.69) is 31.3 Å². The molecular formula is C17H27NO2. The Morgan fingerprint density at radius 1 is 1.35 bits per heavy atom. The summed E-state index contributed by atoms with van der Waals surface area (Å²) in [6.07, 6.45) is 9.80. The van der Waals surface area contributed by atoms with Crippen LogP contribution in [0.2, 0.25) is 0 Å². The van der Waals surface area contributed by atoms with Gasteiger partial charge < -0.3 is 14.5 Å². The van der Waals surface area contributed by atoms with Crippen LogP contribution in [-0.2, 0) is 17.9 Å². The fraction of sp³-hybridized carbons (Fsp3) is 0.647. The molecule has 3 nitrogen and oxygen atoms in total. The van der Waals surface area contributed by atoms with E-state index in [0.717, 1.165) is 44.2 Å². The molecule has 0 aromatic carbocycles. The molecule has 0 fully saturated rings. The van der Waals surface area contributed by atoms with E-state index in [-0.39, 0.29) is 0 Å². The van der Waals surface area contributed by atoms with Gasteiger partial charge >= 0.3 is 0 Å². The molecule has 0 bridgehead atoms. The number of nitrogens with one attached hydrogen (secondary N) is 1. The third-order valence-corrected chi connectivity index (χ3v) is 4.06. The molecule has 0 amide bonds. The van der Waals surface area contributed by atoms with Crippen molar-refractivity contribution in [3.05, 3.63) is 35.8 Å². The molecule has 2 unspecified atom stereocenters. The van der Waals surface area contributed by atoms with E-state index < -0.39 is 0 Å². The van der Waals surface area contributed by atoms with Gasteiger partial charge in [-0.2, -0.15) is 0 Å². The maximum atomic E-state index is 5.91. The molecule has 1 N–H and O–H groups in total. The fourth-order valence-electron chi connectivity index (χ4n) is 2.59. The lowest BCUT2D eigenvalue weighted by molar-refractivity contribution is 0.0672. The minimum atomic E-state index is 0.659. The van der Waals surface area contributed by atoms with Crippen LogP contribution in [-0.4, -0.2) is 13.2 Å². The van der Waals surface area contributed by atoms with E-state index in [0.29, 0.717) is 12.5 Å². The van der Waals surface area contributed by atoms with Gasteiger partial charge in [-0.05, 0) is 43.7 Å². The zero-order valence-corrected chi connectivity index (χ0v) is 12.7. The zero-order chi connectivity index (χ0) is 14.2. The second-order valence-corrected chi connectivity index (χ2v) is 5.74. The van der Waals surface area contributed by atoms with Crippen molar-refractivity contribution in [2.24, 2.45) is 11.8 Å². The molecule has 20 heavy (non-hydrogen) atoms. The van der Waals surface area contributed by atoms with Crippen LogP contribution >= 0.6 is 0 Å². The average Bonchev–Trinajstić information content (AvgIpc) is 2.89. The molecule has 1 aromatic heterocycles. The first-order valence-electron chi connectivity index (χ1n) is 7.80. The van der Waals surface area contributed by atoms with Gasteiger partial charge in [-0.3, -0.25) is 0 Å². The Morgan fingerprint density at radius 3 is 3.00 bits per heavy atom. The SMILES string of the molecule is CCCNCc1occc1COCC1CC=CCC1C. The maximum absolute atomic E-state index is 5.91. The fourth-order valence-corrected chi connectivity index (χ4v) is 2.59. The van der Waals surface area contributed by atoms with Crippen molar-refractivity contribution in [3.8, 4) is 0 Å². The summed E-state index contributed by atoms with van der Waals surface area (Å²) >= 11 is 0. The summed E-state index contributed by atoms with van der Waals surface area (Å²) in [6.45, 7) is 7.80. The quantitative estimate of drug-likeness (QED) is 0.578. The minimum absolute atomic E-state index is 0.659. The summed E-state index contributed by atoms with van der Waals surface area (Å²) in [5.41, 5.74) is 1.17. The molecule has 3 heteroatoms. The van der Waals surface area contributed by atoms with Gasteiger partial charge in [0.15, 0.2) is 0 Å². The van der Waals surface area contributed by atoms with E-state index in [1.807, 2.05) is 6.07 Å². The van der Waals surface area contributed by atoms with Gasteiger partial charge in [-0.1, -0.05) is 26.0 Å². The van der Waals surface area contributed by atoms with Crippen LogP contribution in [0.1, 0.15) is 44.4 Å². The summed E-state index contributed by atoms with van der Waals surface area (Å²) in [5, 5.41) is 3.37. The van der Waals surface area contributed by atoms with E-state index in [9.17, 15) is 0 Å². The third kappa shape index (κ3) is 4.50. The topological polar surface area (TPSA) is 34.4 Å². The van der Waals surface area contributed by atoms with Gasteiger partial charge in [-0.15, -0.1) is 0 Å². The normalized spacial score (nSPS) is 22.3. The number of hydrogen-bond acceptors (Lipinski definition) is 3. The second kappa shape index (κ2) is 8.28. The highest BCUT2D eigenvalue weighted by molar-refractivity contribution is 5.15. The number of hydrogen-bond donors (Lipinski definition) is 1. The highest BCUT2D eigenvalue weighted by Crippen LogP contribution is 2.25. The Hall–Kier alpha value is -1.06. The molecule has 0 saturated carbocycles. The molecule has 1 aliphatic rings. The molecule has 0 radical (unpaired) electrons. The van der Waals surface area contributed by atoms with Crippen LogP contribution in [0, 0.1) is 11.8 Å². The molecule has 1 aromatic rings. The van der Waals surface area contributed by atoms with E-state index in [1.165, 1.54) is 12.0 Å². The number of ether oxygens (including phenoxy) is 1. The van der Waals surface area contributed by atoms with Crippen LogP contribution in [0.4, 0.5) is 0 Å². The van der Waals surface area contributed by atoms with Crippen LogP contribution in [0.5, 0.6) is 0 Å². The van der Waals surface area contributed by atoms with Gasteiger partial charge in [0.25, 0.3) is 0 Å². The van der Waals surface area contributed by atoms with Crippen molar-refractivity contribution in [2.45, 2.75) is 46.3 Å². The van der Waals surface area contributed by atoms with Crippen LogP contribution in [0.15, 0.2) is 28.9 Å². The summed E-state index contributed by atoms with van der Waals surface area (Å²) in [7, 11) is 0. The van der Waals surface area contributed by atoms with Crippen molar-refractivity contribution in [3.63, 3.8) is 0 Å². The Kier molecular flexibility index (Phi) is 6.34. The Balaban J connectivity index is 1.73. The van der Waals surface area contributed by atoms with Gasteiger partial charge in [-0.25, -0.2) is 0 Å². The number of rotatable bonds is 8. The summed E-state index contributed by atoms with van der Waals surface area (Å²) in [4.78, 5) is 0.